The van der Waals surface area contributed by atoms with E-state index in [2.05, 4.69) is 19.9 Å². The first-order valence-electron chi connectivity index (χ1n) is 8.11. The van der Waals surface area contributed by atoms with Crippen LogP contribution in [-0.4, -0.2) is 41.1 Å². The van der Waals surface area contributed by atoms with Crippen LogP contribution in [0.3, 0.4) is 0 Å². The number of nitrogens with zero attached hydrogens (tertiary/aromatic N) is 2. The van der Waals surface area contributed by atoms with E-state index in [1.807, 2.05) is 6.20 Å². The van der Waals surface area contributed by atoms with Crippen molar-refractivity contribution in [3.8, 4) is 0 Å². The third-order valence-corrected chi connectivity index (χ3v) is 5.50. The number of rotatable bonds is 3. The van der Waals surface area contributed by atoms with Gasteiger partial charge >= 0.3 is 0 Å². The Kier molecular flexibility index (Phi) is 3.92. The van der Waals surface area contributed by atoms with Gasteiger partial charge in [0.15, 0.2) is 0 Å². The summed E-state index contributed by atoms with van der Waals surface area (Å²) in [5, 5.41) is 0.525. The summed E-state index contributed by atoms with van der Waals surface area (Å²) in [5.41, 5.74) is 2.38. The van der Waals surface area contributed by atoms with Gasteiger partial charge in [-0.25, -0.2) is 17.8 Å². The van der Waals surface area contributed by atoms with Crippen LogP contribution in [0.2, 0.25) is 0 Å². The molecule has 2 aromatic heterocycles. The minimum absolute atomic E-state index is 0.290. The molecule has 0 radical (unpaired) electrons. The third kappa shape index (κ3) is 3.04. The molecule has 0 atom stereocenters. The molecule has 0 amide bonds. The summed E-state index contributed by atoms with van der Waals surface area (Å²) >= 11 is 0. The minimum Gasteiger partial charge on any atom is -0.361 e. The molecule has 1 aromatic carbocycles. The zero-order chi connectivity index (χ0) is 18.5. The van der Waals surface area contributed by atoms with Gasteiger partial charge in [-0.15, -0.1) is 0 Å². The summed E-state index contributed by atoms with van der Waals surface area (Å²) in [5.74, 6) is -0.295. The number of aromatic nitrogens is 3. The van der Waals surface area contributed by atoms with Crippen LogP contribution in [0.4, 0.5) is 4.39 Å². The molecular weight excluding hydrogens is 359 g/mol. The summed E-state index contributed by atoms with van der Waals surface area (Å²) in [6, 6.07) is 4.59. The van der Waals surface area contributed by atoms with Gasteiger partial charge in [-0.2, -0.15) is 0 Å². The number of halogens is 1. The maximum absolute atomic E-state index is 13.5. The molecule has 0 spiro atoms. The van der Waals surface area contributed by atoms with Crippen LogP contribution < -0.4 is 5.56 Å². The number of aromatic amines is 2. The Morgan fingerprint density at radius 1 is 1.35 bits per heavy atom. The molecule has 3 aromatic rings. The molecule has 2 N–H and O–H groups in total. The summed E-state index contributed by atoms with van der Waals surface area (Å²) in [6.07, 6.45) is 3.34. The first kappa shape index (κ1) is 16.9. The molecule has 0 unspecified atom stereocenters. The van der Waals surface area contributed by atoms with Gasteiger partial charge in [0.1, 0.15) is 5.82 Å². The predicted molar refractivity (Wildman–Crippen MR) is 94.0 cm³/mol. The van der Waals surface area contributed by atoms with Crippen molar-refractivity contribution in [3.63, 3.8) is 0 Å². The molecule has 0 fully saturated rings. The van der Waals surface area contributed by atoms with Crippen LogP contribution in [0.1, 0.15) is 16.8 Å². The lowest BCUT2D eigenvalue weighted by molar-refractivity contribution is 0.241. The molecule has 136 valence electrons. The van der Waals surface area contributed by atoms with Gasteiger partial charge < -0.3 is 4.98 Å². The first-order chi connectivity index (χ1) is 12.3. The fourth-order valence-corrected chi connectivity index (χ4v) is 3.85. The molecule has 7 nitrogen and oxygen atoms in total. The van der Waals surface area contributed by atoms with Crippen molar-refractivity contribution < 1.29 is 12.8 Å². The monoisotopic (exact) mass is 376 g/mol. The van der Waals surface area contributed by atoms with Crippen LogP contribution >= 0.6 is 0 Å². The van der Waals surface area contributed by atoms with Gasteiger partial charge in [0, 0.05) is 49.4 Å². The predicted octanol–water partition coefficient (Wildman–Crippen LogP) is 1.35. The largest absolute Gasteiger partial charge is 0.361 e. The fraction of sp³-hybridized carbons (Fsp3) is 0.294. The maximum atomic E-state index is 13.5. The third-order valence-electron chi connectivity index (χ3n) is 4.60. The van der Waals surface area contributed by atoms with Crippen LogP contribution in [0.5, 0.6) is 0 Å². The Balaban J connectivity index is 1.62. The first-order valence-corrected chi connectivity index (χ1v) is 10.0. The number of hydrogen-bond donors (Lipinski definition) is 2. The number of fused-ring (bicyclic) bond motifs is 2. The van der Waals surface area contributed by atoms with E-state index >= 15 is 0 Å². The highest BCUT2D eigenvalue weighted by Gasteiger charge is 2.24. The highest BCUT2D eigenvalue weighted by atomic mass is 32.2. The van der Waals surface area contributed by atoms with Gasteiger partial charge in [0.2, 0.25) is 15.0 Å². The molecule has 26 heavy (non-hydrogen) atoms. The van der Waals surface area contributed by atoms with E-state index in [1.54, 1.807) is 6.07 Å². The molecule has 0 saturated carbocycles. The standard InChI is InChI=1S/C17H17FN4O3S/c1-26(24,25)17-20-15-4-5-22(9-13(15)16(23)21-17)8-10-7-19-14-3-2-11(18)6-12(10)14/h2-3,6-7,19H,4-5,8-9H2,1H3,(H,20,21,23). The Bertz CT molecular complexity index is 1170. The highest BCUT2D eigenvalue weighted by molar-refractivity contribution is 7.90. The van der Waals surface area contributed by atoms with E-state index in [0.29, 0.717) is 37.3 Å². The lowest BCUT2D eigenvalue weighted by Gasteiger charge is -2.27. The summed E-state index contributed by atoms with van der Waals surface area (Å²) in [4.78, 5) is 23.9. The molecule has 0 bridgehead atoms. The number of benzene rings is 1. The normalized spacial score (nSPS) is 15.3. The zero-order valence-corrected chi connectivity index (χ0v) is 14.9. The van der Waals surface area contributed by atoms with Gasteiger partial charge in [-0.1, -0.05) is 0 Å². The second-order valence-electron chi connectivity index (χ2n) is 6.53. The van der Waals surface area contributed by atoms with Crippen molar-refractivity contribution in [2.75, 3.05) is 12.8 Å². The number of nitrogens with one attached hydrogen (secondary N) is 2. The van der Waals surface area contributed by atoms with Crippen molar-refractivity contribution >= 4 is 20.7 Å². The van der Waals surface area contributed by atoms with E-state index in [9.17, 15) is 17.6 Å². The maximum Gasteiger partial charge on any atom is 0.256 e. The molecular formula is C17H17FN4O3S. The van der Waals surface area contributed by atoms with Gasteiger partial charge in [-0.3, -0.25) is 14.7 Å². The van der Waals surface area contributed by atoms with Gasteiger partial charge in [0.25, 0.3) is 5.56 Å². The molecule has 0 saturated heterocycles. The molecule has 3 heterocycles. The Morgan fingerprint density at radius 3 is 2.92 bits per heavy atom. The van der Waals surface area contributed by atoms with Crippen LogP contribution in [0.25, 0.3) is 10.9 Å². The molecule has 4 rings (SSSR count). The SMILES string of the molecule is CS(=O)(=O)c1nc2c(c(=O)[nH]1)CN(Cc1c[nH]c3ccc(F)cc13)CC2. The van der Waals surface area contributed by atoms with Crippen LogP contribution in [0, 0.1) is 5.82 Å². The average Bonchev–Trinajstić information content (AvgIpc) is 2.96. The number of sulfone groups is 1. The summed E-state index contributed by atoms with van der Waals surface area (Å²) < 4.78 is 36.8. The van der Waals surface area contributed by atoms with E-state index in [-0.39, 0.29) is 11.0 Å². The highest BCUT2D eigenvalue weighted by Crippen LogP contribution is 2.23. The molecule has 1 aliphatic rings. The summed E-state index contributed by atoms with van der Waals surface area (Å²) in [6.45, 7) is 1.55. The Morgan fingerprint density at radius 2 is 2.15 bits per heavy atom. The van der Waals surface area contributed by atoms with Gasteiger partial charge in [-0.05, 0) is 23.8 Å². The zero-order valence-electron chi connectivity index (χ0n) is 14.0. The Hall–Kier alpha value is -2.52. The van der Waals surface area contributed by atoms with Crippen molar-refractivity contribution in [3.05, 3.63) is 57.4 Å². The average molecular weight is 376 g/mol. The molecule has 1 aliphatic heterocycles. The van der Waals surface area contributed by atoms with Gasteiger partial charge in [0.05, 0.1) is 11.3 Å². The van der Waals surface area contributed by atoms with E-state index in [0.717, 1.165) is 22.7 Å². The van der Waals surface area contributed by atoms with Crippen LogP contribution in [-0.2, 0) is 29.3 Å². The number of hydrogen-bond acceptors (Lipinski definition) is 5. The topological polar surface area (TPSA) is 98.9 Å². The van der Waals surface area contributed by atoms with Crippen molar-refractivity contribution in [1.82, 2.24) is 19.9 Å². The van der Waals surface area contributed by atoms with Crippen molar-refractivity contribution in [2.24, 2.45) is 0 Å². The lowest BCUT2D eigenvalue weighted by Crippen LogP contribution is -2.36. The van der Waals surface area contributed by atoms with E-state index < -0.39 is 15.4 Å². The molecule has 0 aliphatic carbocycles. The lowest BCUT2D eigenvalue weighted by atomic mass is 10.1. The van der Waals surface area contributed by atoms with Crippen molar-refractivity contribution in [1.29, 1.82) is 0 Å². The van der Waals surface area contributed by atoms with E-state index in [4.69, 9.17) is 0 Å². The number of H-pyrrole nitrogens is 2. The quantitative estimate of drug-likeness (QED) is 0.673. The minimum atomic E-state index is -3.56. The van der Waals surface area contributed by atoms with Crippen molar-refractivity contribution in [2.45, 2.75) is 24.7 Å². The molecule has 9 heteroatoms. The summed E-state index contributed by atoms with van der Waals surface area (Å²) in [7, 11) is -3.56. The smallest absolute Gasteiger partial charge is 0.256 e. The van der Waals surface area contributed by atoms with Crippen LogP contribution in [0.15, 0.2) is 34.3 Å². The Labute approximate surface area is 148 Å². The second-order valence-corrected chi connectivity index (χ2v) is 8.46. The second kappa shape index (κ2) is 6.03. The fourth-order valence-electron chi connectivity index (χ4n) is 3.29. The van der Waals surface area contributed by atoms with E-state index in [1.165, 1.54) is 12.1 Å².